The van der Waals surface area contributed by atoms with E-state index in [0.29, 0.717) is 5.92 Å². The van der Waals surface area contributed by atoms with Crippen molar-refractivity contribution in [2.75, 3.05) is 18.0 Å². The molecule has 2 fully saturated rings. The van der Waals surface area contributed by atoms with Gasteiger partial charge in [-0.2, -0.15) is 9.61 Å². The predicted octanol–water partition coefficient (Wildman–Crippen LogP) is 0.999. The Hall–Kier alpha value is -1.62. The van der Waals surface area contributed by atoms with Gasteiger partial charge in [0.1, 0.15) is 17.7 Å². The maximum atomic E-state index is 10.4. The molecule has 1 saturated heterocycles. The summed E-state index contributed by atoms with van der Waals surface area (Å²) in [6.45, 7) is 3.50. The lowest BCUT2D eigenvalue weighted by molar-refractivity contribution is -0.00994. The van der Waals surface area contributed by atoms with Gasteiger partial charge in [-0.15, -0.1) is 0 Å². The van der Waals surface area contributed by atoms with Crippen molar-refractivity contribution in [1.29, 1.82) is 0 Å². The van der Waals surface area contributed by atoms with Crippen LogP contribution in [0.2, 0.25) is 0 Å². The number of hydrogen-bond donors (Lipinski definition) is 1. The van der Waals surface area contributed by atoms with E-state index in [1.807, 2.05) is 10.6 Å². The van der Waals surface area contributed by atoms with Crippen molar-refractivity contribution in [3.63, 3.8) is 0 Å². The third-order valence-electron chi connectivity index (χ3n) is 4.10. The molecule has 0 spiro atoms. The van der Waals surface area contributed by atoms with Crippen LogP contribution in [0.5, 0.6) is 0 Å². The second-order valence-corrected chi connectivity index (χ2v) is 5.65. The molecule has 2 aliphatic rings. The third kappa shape index (κ3) is 1.37. The minimum atomic E-state index is -0.462. The molecule has 0 bridgehead atoms. The van der Waals surface area contributed by atoms with Crippen LogP contribution in [0.15, 0.2) is 18.5 Å². The first-order valence-electron chi connectivity index (χ1n) is 6.43. The Morgan fingerprint density at radius 3 is 2.83 bits per heavy atom. The van der Waals surface area contributed by atoms with E-state index >= 15 is 0 Å². The third-order valence-corrected chi connectivity index (χ3v) is 4.10. The Labute approximate surface area is 105 Å². The smallest absolute Gasteiger partial charge is 0.157 e. The number of nitrogens with zero attached hydrogens (tertiary/aromatic N) is 4. The fourth-order valence-corrected chi connectivity index (χ4v) is 2.92. The molecule has 1 aliphatic heterocycles. The standard InChI is InChI=1S/C13H16N4O/c1-9-4-11-14-8-15-17(11)12(5-9)16-6-13(18,7-16)10-2-3-10/h4-5,8,10,18H,2-3,6-7H2,1H3. The van der Waals surface area contributed by atoms with Gasteiger partial charge in [0.25, 0.3) is 0 Å². The van der Waals surface area contributed by atoms with Gasteiger partial charge < -0.3 is 10.0 Å². The number of fused-ring (bicyclic) bond motifs is 1. The summed E-state index contributed by atoms with van der Waals surface area (Å²) in [5.41, 5.74) is 1.58. The molecule has 0 unspecified atom stereocenters. The summed E-state index contributed by atoms with van der Waals surface area (Å²) in [5.74, 6) is 1.55. The van der Waals surface area contributed by atoms with Crippen LogP contribution in [-0.2, 0) is 0 Å². The van der Waals surface area contributed by atoms with Crippen LogP contribution in [-0.4, -0.2) is 38.4 Å². The molecule has 5 nitrogen and oxygen atoms in total. The molecular formula is C13H16N4O. The lowest BCUT2D eigenvalue weighted by atomic mass is 9.89. The quantitative estimate of drug-likeness (QED) is 0.856. The van der Waals surface area contributed by atoms with Crippen LogP contribution in [0.4, 0.5) is 5.82 Å². The van der Waals surface area contributed by atoms with Crippen molar-refractivity contribution in [3.8, 4) is 0 Å². The van der Waals surface area contributed by atoms with E-state index in [4.69, 9.17) is 0 Å². The monoisotopic (exact) mass is 244 g/mol. The Balaban J connectivity index is 1.69. The summed E-state index contributed by atoms with van der Waals surface area (Å²) < 4.78 is 1.85. The first-order chi connectivity index (χ1) is 8.66. The minimum Gasteiger partial charge on any atom is -0.386 e. The number of β-amino-alcohol motifs (C(OH)–C–C–N with tert-alkyl or cyclic N) is 1. The maximum absolute atomic E-state index is 10.4. The molecule has 3 heterocycles. The number of aromatic nitrogens is 3. The first-order valence-corrected chi connectivity index (χ1v) is 6.43. The van der Waals surface area contributed by atoms with Crippen LogP contribution in [0.3, 0.4) is 0 Å². The molecule has 2 aromatic rings. The fourth-order valence-electron chi connectivity index (χ4n) is 2.92. The summed E-state index contributed by atoms with van der Waals surface area (Å²) in [7, 11) is 0. The molecule has 1 aliphatic carbocycles. The summed E-state index contributed by atoms with van der Waals surface area (Å²) >= 11 is 0. The molecule has 5 heteroatoms. The molecule has 4 rings (SSSR count). The van der Waals surface area contributed by atoms with Gasteiger partial charge in [0, 0.05) is 0 Å². The minimum absolute atomic E-state index is 0.462. The van der Waals surface area contributed by atoms with Gasteiger partial charge >= 0.3 is 0 Å². The van der Waals surface area contributed by atoms with Crippen molar-refractivity contribution >= 4 is 11.5 Å². The van der Waals surface area contributed by atoms with Crippen LogP contribution < -0.4 is 4.90 Å². The normalized spacial score (nSPS) is 22.2. The number of rotatable bonds is 2. The number of aliphatic hydroxyl groups is 1. The summed E-state index contributed by atoms with van der Waals surface area (Å²) in [6, 6.07) is 4.12. The SMILES string of the molecule is Cc1cc(N2CC(O)(C3CC3)C2)n2ncnc2c1. The number of aryl methyl sites for hydroxylation is 1. The van der Waals surface area contributed by atoms with Crippen molar-refractivity contribution in [2.45, 2.75) is 25.4 Å². The second-order valence-electron chi connectivity index (χ2n) is 5.65. The Kier molecular flexibility index (Phi) is 1.85. The first kappa shape index (κ1) is 10.3. The predicted molar refractivity (Wildman–Crippen MR) is 67.6 cm³/mol. The Morgan fingerprint density at radius 2 is 2.11 bits per heavy atom. The summed E-state index contributed by atoms with van der Waals surface area (Å²) in [6.07, 6.45) is 3.93. The van der Waals surface area contributed by atoms with E-state index in [1.54, 1.807) is 6.33 Å². The number of anilines is 1. The Morgan fingerprint density at radius 1 is 1.33 bits per heavy atom. The zero-order valence-electron chi connectivity index (χ0n) is 10.4. The number of hydrogen-bond acceptors (Lipinski definition) is 4. The molecule has 18 heavy (non-hydrogen) atoms. The van der Waals surface area contributed by atoms with Gasteiger partial charge in [-0.3, -0.25) is 0 Å². The average molecular weight is 244 g/mol. The van der Waals surface area contributed by atoms with Crippen LogP contribution in [0.1, 0.15) is 18.4 Å². The molecule has 1 saturated carbocycles. The van der Waals surface area contributed by atoms with Crippen LogP contribution in [0, 0.1) is 12.8 Å². The van der Waals surface area contributed by atoms with E-state index in [1.165, 1.54) is 18.4 Å². The van der Waals surface area contributed by atoms with Crippen LogP contribution in [0.25, 0.3) is 5.65 Å². The van der Waals surface area contributed by atoms with Gasteiger partial charge in [0.2, 0.25) is 0 Å². The van der Waals surface area contributed by atoms with Gasteiger partial charge in [-0.25, -0.2) is 4.98 Å². The second kappa shape index (κ2) is 3.23. The zero-order valence-corrected chi connectivity index (χ0v) is 10.4. The van der Waals surface area contributed by atoms with Crippen molar-refractivity contribution in [1.82, 2.24) is 14.6 Å². The maximum Gasteiger partial charge on any atom is 0.157 e. The van der Waals surface area contributed by atoms with Crippen molar-refractivity contribution in [3.05, 3.63) is 24.0 Å². The van der Waals surface area contributed by atoms with E-state index in [2.05, 4.69) is 28.0 Å². The van der Waals surface area contributed by atoms with Crippen LogP contribution >= 0.6 is 0 Å². The van der Waals surface area contributed by atoms with Gasteiger partial charge in [0.15, 0.2) is 5.65 Å². The van der Waals surface area contributed by atoms with Gasteiger partial charge in [0.05, 0.1) is 13.1 Å². The zero-order chi connectivity index (χ0) is 12.3. The lowest BCUT2D eigenvalue weighted by Gasteiger charge is -2.48. The van der Waals surface area contributed by atoms with E-state index in [0.717, 1.165) is 24.6 Å². The molecule has 1 N–H and O–H groups in total. The highest BCUT2D eigenvalue weighted by atomic mass is 16.3. The van der Waals surface area contributed by atoms with Crippen molar-refractivity contribution < 1.29 is 5.11 Å². The summed E-state index contributed by atoms with van der Waals surface area (Å²) in [4.78, 5) is 6.41. The van der Waals surface area contributed by atoms with E-state index in [9.17, 15) is 5.11 Å². The number of pyridine rings is 1. The molecule has 2 aromatic heterocycles. The molecule has 0 radical (unpaired) electrons. The molecule has 0 aromatic carbocycles. The summed E-state index contributed by atoms with van der Waals surface area (Å²) in [5, 5.41) is 14.6. The lowest BCUT2D eigenvalue weighted by Crippen LogP contribution is -2.63. The molecule has 94 valence electrons. The van der Waals surface area contributed by atoms with Crippen molar-refractivity contribution in [2.24, 2.45) is 5.92 Å². The Bertz CT molecular complexity index is 610. The highest BCUT2D eigenvalue weighted by Gasteiger charge is 2.52. The molecular weight excluding hydrogens is 228 g/mol. The highest BCUT2D eigenvalue weighted by molar-refractivity contribution is 5.55. The van der Waals surface area contributed by atoms with Gasteiger partial charge in [-0.1, -0.05) is 0 Å². The molecule has 0 atom stereocenters. The topological polar surface area (TPSA) is 53.7 Å². The highest BCUT2D eigenvalue weighted by Crippen LogP contribution is 2.45. The van der Waals surface area contributed by atoms with Gasteiger partial charge in [-0.05, 0) is 43.4 Å². The van der Waals surface area contributed by atoms with E-state index in [-0.39, 0.29) is 0 Å². The fraction of sp³-hybridized carbons (Fsp3) is 0.538. The van der Waals surface area contributed by atoms with E-state index < -0.39 is 5.60 Å². The average Bonchev–Trinajstić information content (AvgIpc) is 3.04. The molecule has 0 amide bonds. The largest absolute Gasteiger partial charge is 0.386 e.